The molecule has 5 heteroatoms. The number of hydrogen-bond acceptors (Lipinski definition) is 2. The molecule has 0 spiro atoms. The number of nitrogens with one attached hydrogen (secondary N) is 1. The number of hydrogen-bond donors (Lipinski definition) is 2. The Hall–Kier alpha value is -0.770. The minimum atomic E-state index is -0.0904. The summed E-state index contributed by atoms with van der Waals surface area (Å²) in [7, 11) is 0. The first-order chi connectivity index (χ1) is 6.63. The van der Waals surface area contributed by atoms with Gasteiger partial charge in [0.05, 0.1) is 0 Å². The first-order valence-electron chi connectivity index (χ1n) is 4.39. The van der Waals surface area contributed by atoms with Gasteiger partial charge in [-0.2, -0.15) is 0 Å². The first-order valence-corrected chi connectivity index (χ1v) is 4.77. The third-order valence-electron chi connectivity index (χ3n) is 1.83. The molecule has 0 heterocycles. The van der Waals surface area contributed by atoms with Crippen molar-refractivity contribution in [3.63, 3.8) is 0 Å². The average molecular weight is 249 g/mol. The summed E-state index contributed by atoms with van der Waals surface area (Å²) in [6, 6.07) is 5.40. The number of carbonyl (C=O) groups is 1. The molecular formula is C10H14Cl2N2O. The molecule has 0 saturated carbocycles. The summed E-state index contributed by atoms with van der Waals surface area (Å²) in [4.78, 5) is 11.2. The zero-order chi connectivity index (χ0) is 10.6. The Morgan fingerprint density at radius 3 is 2.73 bits per heavy atom. The lowest BCUT2D eigenvalue weighted by molar-refractivity contribution is -0.116. The molecule has 1 rings (SSSR count). The van der Waals surface area contributed by atoms with Crippen LogP contribution in [0.3, 0.4) is 0 Å². The Balaban J connectivity index is 0.00000196. The van der Waals surface area contributed by atoms with Crippen LogP contribution in [0.1, 0.15) is 12.0 Å². The van der Waals surface area contributed by atoms with Gasteiger partial charge in [-0.3, -0.25) is 4.79 Å². The molecular weight excluding hydrogens is 235 g/mol. The van der Waals surface area contributed by atoms with Gasteiger partial charge in [0.25, 0.3) is 0 Å². The molecule has 3 nitrogen and oxygen atoms in total. The Bertz CT molecular complexity index is 342. The third-order valence-corrected chi connectivity index (χ3v) is 2.23. The third kappa shape index (κ3) is 4.51. The van der Waals surface area contributed by atoms with E-state index in [2.05, 4.69) is 5.32 Å². The Morgan fingerprint density at radius 2 is 2.20 bits per heavy atom. The number of nitrogens with two attached hydrogens (primary N) is 1. The van der Waals surface area contributed by atoms with Crippen molar-refractivity contribution in [2.24, 2.45) is 5.73 Å². The van der Waals surface area contributed by atoms with E-state index in [1.807, 2.05) is 19.1 Å². The largest absolute Gasteiger partial charge is 0.330 e. The second-order valence-electron chi connectivity index (χ2n) is 3.05. The van der Waals surface area contributed by atoms with Crippen LogP contribution in [0.2, 0.25) is 5.02 Å². The van der Waals surface area contributed by atoms with E-state index >= 15 is 0 Å². The standard InChI is InChI=1S/C10H13ClN2O.ClH/c1-7-2-3-8(6-9(7)11)13-10(14)4-5-12;/h2-3,6H,4-5,12H2,1H3,(H,13,14);1H. The lowest BCUT2D eigenvalue weighted by Crippen LogP contribution is -2.16. The van der Waals surface area contributed by atoms with Crippen LogP contribution in [0.25, 0.3) is 0 Å². The van der Waals surface area contributed by atoms with Crippen molar-refractivity contribution in [1.82, 2.24) is 0 Å². The van der Waals surface area contributed by atoms with E-state index in [4.69, 9.17) is 17.3 Å². The van der Waals surface area contributed by atoms with Crippen molar-refractivity contribution in [2.45, 2.75) is 13.3 Å². The number of benzene rings is 1. The first kappa shape index (κ1) is 14.2. The van der Waals surface area contributed by atoms with Gasteiger partial charge in [-0.15, -0.1) is 12.4 Å². The van der Waals surface area contributed by atoms with Crippen molar-refractivity contribution in [3.05, 3.63) is 28.8 Å². The van der Waals surface area contributed by atoms with E-state index in [0.29, 0.717) is 23.7 Å². The Morgan fingerprint density at radius 1 is 1.53 bits per heavy atom. The maximum absolute atomic E-state index is 11.2. The molecule has 0 atom stereocenters. The van der Waals surface area contributed by atoms with E-state index in [-0.39, 0.29) is 18.3 Å². The monoisotopic (exact) mass is 248 g/mol. The van der Waals surface area contributed by atoms with Gasteiger partial charge < -0.3 is 11.1 Å². The van der Waals surface area contributed by atoms with E-state index in [0.717, 1.165) is 5.56 Å². The van der Waals surface area contributed by atoms with Gasteiger partial charge in [-0.05, 0) is 24.6 Å². The van der Waals surface area contributed by atoms with Gasteiger partial charge in [-0.1, -0.05) is 17.7 Å². The zero-order valence-electron chi connectivity index (χ0n) is 8.42. The van der Waals surface area contributed by atoms with Crippen LogP contribution in [0.5, 0.6) is 0 Å². The average Bonchev–Trinajstić information content (AvgIpc) is 2.12. The van der Waals surface area contributed by atoms with Crippen molar-refractivity contribution in [3.8, 4) is 0 Å². The molecule has 3 N–H and O–H groups in total. The molecule has 0 bridgehead atoms. The molecule has 0 aliphatic carbocycles. The summed E-state index contributed by atoms with van der Waals surface area (Å²) in [6.45, 7) is 2.26. The molecule has 0 fully saturated rings. The van der Waals surface area contributed by atoms with Crippen LogP contribution < -0.4 is 11.1 Å². The van der Waals surface area contributed by atoms with Crippen molar-refractivity contribution >= 4 is 35.6 Å². The topological polar surface area (TPSA) is 55.1 Å². The Labute approximate surface area is 100 Å². The van der Waals surface area contributed by atoms with Gasteiger partial charge in [0.1, 0.15) is 0 Å². The highest BCUT2D eigenvalue weighted by molar-refractivity contribution is 6.31. The fraction of sp³-hybridized carbons (Fsp3) is 0.300. The minimum Gasteiger partial charge on any atom is -0.330 e. The SMILES string of the molecule is Cc1ccc(NC(=O)CCN)cc1Cl.Cl. The highest BCUT2D eigenvalue weighted by Gasteiger charge is 2.02. The lowest BCUT2D eigenvalue weighted by Gasteiger charge is -2.05. The molecule has 0 aromatic heterocycles. The predicted octanol–water partition coefficient (Wildman–Crippen LogP) is 2.36. The molecule has 1 amide bonds. The van der Waals surface area contributed by atoms with Crippen molar-refractivity contribution in [1.29, 1.82) is 0 Å². The summed E-state index contributed by atoms with van der Waals surface area (Å²) in [5.41, 5.74) is 6.95. The zero-order valence-corrected chi connectivity index (χ0v) is 9.99. The summed E-state index contributed by atoms with van der Waals surface area (Å²) in [5.74, 6) is -0.0904. The van der Waals surface area contributed by atoms with E-state index < -0.39 is 0 Å². The number of anilines is 1. The molecule has 84 valence electrons. The molecule has 0 radical (unpaired) electrons. The van der Waals surface area contributed by atoms with E-state index in [1.54, 1.807) is 6.07 Å². The number of rotatable bonds is 3. The second kappa shape index (κ2) is 6.67. The normalized spacial score (nSPS) is 9.27. The van der Waals surface area contributed by atoms with Gasteiger partial charge in [0, 0.05) is 23.7 Å². The van der Waals surface area contributed by atoms with Crippen molar-refractivity contribution < 1.29 is 4.79 Å². The molecule has 0 aliphatic rings. The summed E-state index contributed by atoms with van der Waals surface area (Å²) >= 11 is 5.90. The van der Waals surface area contributed by atoms with E-state index in [9.17, 15) is 4.79 Å². The smallest absolute Gasteiger partial charge is 0.225 e. The van der Waals surface area contributed by atoms with Crippen molar-refractivity contribution in [2.75, 3.05) is 11.9 Å². The second-order valence-corrected chi connectivity index (χ2v) is 3.46. The van der Waals surface area contributed by atoms with Crippen LogP contribution in [-0.4, -0.2) is 12.5 Å². The van der Waals surface area contributed by atoms with Crippen LogP contribution in [-0.2, 0) is 4.79 Å². The van der Waals surface area contributed by atoms with Crippen LogP contribution in [0.15, 0.2) is 18.2 Å². The summed E-state index contributed by atoms with van der Waals surface area (Å²) in [5, 5.41) is 3.36. The highest BCUT2D eigenvalue weighted by atomic mass is 35.5. The molecule has 1 aromatic rings. The molecule has 0 aliphatic heterocycles. The summed E-state index contributed by atoms with van der Waals surface area (Å²) in [6.07, 6.45) is 0.325. The summed E-state index contributed by atoms with van der Waals surface area (Å²) < 4.78 is 0. The molecule has 0 unspecified atom stereocenters. The van der Waals surface area contributed by atoms with Gasteiger partial charge in [0.2, 0.25) is 5.91 Å². The van der Waals surface area contributed by atoms with Gasteiger partial charge >= 0.3 is 0 Å². The fourth-order valence-corrected chi connectivity index (χ4v) is 1.21. The molecule has 0 saturated heterocycles. The molecule has 1 aromatic carbocycles. The van der Waals surface area contributed by atoms with Crippen LogP contribution in [0.4, 0.5) is 5.69 Å². The Kier molecular flexibility index (Phi) is 6.32. The van der Waals surface area contributed by atoms with E-state index in [1.165, 1.54) is 0 Å². The predicted molar refractivity (Wildman–Crippen MR) is 65.7 cm³/mol. The van der Waals surface area contributed by atoms with Crippen LogP contribution in [0, 0.1) is 6.92 Å². The maximum Gasteiger partial charge on any atom is 0.225 e. The fourth-order valence-electron chi connectivity index (χ4n) is 1.03. The number of halogens is 2. The number of aryl methyl sites for hydroxylation is 1. The molecule has 15 heavy (non-hydrogen) atoms. The maximum atomic E-state index is 11.2. The van der Waals surface area contributed by atoms with Gasteiger partial charge in [0.15, 0.2) is 0 Å². The quantitative estimate of drug-likeness (QED) is 0.863. The number of carbonyl (C=O) groups excluding carboxylic acids is 1. The lowest BCUT2D eigenvalue weighted by atomic mass is 10.2. The minimum absolute atomic E-state index is 0. The van der Waals surface area contributed by atoms with Crippen LogP contribution >= 0.6 is 24.0 Å². The highest BCUT2D eigenvalue weighted by Crippen LogP contribution is 2.19. The van der Waals surface area contributed by atoms with Gasteiger partial charge in [-0.25, -0.2) is 0 Å². The number of amides is 1.